The average Bonchev–Trinajstić information content (AvgIpc) is 3.32. The highest BCUT2D eigenvalue weighted by Crippen LogP contribution is 2.18. The van der Waals surface area contributed by atoms with Gasteiger partial charge in [-0.05, 0) is 48.4 Å². The van der Waals surface area contributed by atoms with Gasteiger partial charge in [0, 0.05) is 23.5 Å². The topological polar surface area (TPSA) is 110 Å². The summed E-state index contributed by atoms with van der Waals surface area (Å²) in [5.41, 5.74) is 7.63. The lowest BCUT2D eigenvalue weighted by molar-refractivity contribution is 0.580. The van der Waals surface area contributed by atoms with Gasteiger partial charge in [-0.2, -0.15) is 0 Å². The van der Waals surface area contributed by atoms with Crippen molar-refractivity contribution in [2.45, 2.75) is 38.6 Å². The molecule has 150 valence electrons. The molecule has 0 saturated heterocycles. The van der Waals surface area contributed by atoms with Crippen molar-refractivity contribution in [3.05, 3.63) is 78.9 Å². The molecule has 1 aromatic carbocycles. The molecule has 3 heterocycles. The number of aromatic amines is 2. The van der Waals surface area contributed by atoms with Crippen LogP contribution in [0.1, 0.15) is 35.5 Å². The number of nitrogens with two attached hydrogens (primary N) is 1. The van der Waals surface area contributed by atoms with Crippen LogP contribution in [0.4, 0.5) is 5.69 Å². The van der Waals surface area contributed by atoms with Crippen LogP contribution < -0.4 is 17.0 Å². The highest BCUT2D eigenvalue weighted by molar-refractivity contribution is 7.09. The van der Waals surface area contributed by atoms with Gasteiger partial charge in [-0.3, -0.25) is 14.8 Å². The Morgan fingerprint density at radius 3 is 2.62 bits per heavy atom. The maximum Gasteiger partial charge on any atom is 0.327 e. The highest BCUT2D eigenvalue weighted by Gasteiger charge is 2.15. The number of imidazole rings is 1. The summed E-state index contributed by atoms with van der Waals surface area (Å²) in [6.45, 7) is 0.707. The third-order valence-electron chi connectivity index (χ3n) is 4.96. The molecule has 0 aliphatic carbocycles. The SMILES string of the molecule is Nc1ccc(CCCCCn2c(Cc3cccs3)nc3c(=O)[nH]c(=O)[nH]c32)cc1. The number of aryl methyl sites for hydroxylation is 2. The predicted octanol–water partition coefficient (Wildman–Crippen LogP) is 3.06. The fourth-order valence-corrected chi connectivity index (χ4v) is 4.19. The Labute approximate surface area is 171 Å². The number of nitrogens with one attached hydrogen (secondary N) is 2. The van der Waals surface area contributed by atoms with Crippen molar-refractivity contribution in [2.75, 3.05) is 5.73 Å². The number of H-pyrrole nitrogens is 2. The van der Waals surface area contributed by atoms with Crippen LogP contribution in [0.3, 0.4) is 0 Å². The Hall–Kier alpha value is -3.13. The van der Waals surface area contributed by atoms with Crippen LogP contribution in [0.5, 0.6) is 0 Å². The van der Waals surface area contributed by atoms with E-state index in [4.69, 9.17) is 5.73 Å². The summed E-state index contributed by atoms with van der Waals surface area (Å²) < 4.78 is 1.98. The molecule has 0 aliphatic heterocycles. The zero-order valence-electron chi connectivity index (χ0n) is 16.0. The first-order chi connectivity index (χ1) is 14.1. The zero-order valence-corrected chi connectivity index (χ0v) is 16.8. The van der Waals surface area contributed by atoms with Crippen molar-refractivity contribution in [2.24, 2.45) is 0 Å². The van der Waals surface area contributed by atoms with E-state index in [0.29, 0.717) is 18.6 Å². The molecule has 0 radical (unpaired) electrons. The van der Waals surface area contributed by atoms with E-state index in [9.17, 15) is 9.59 Å². The van der Waals surface area contributed by atoms with Crippen molar-refractivity contribution in [3.8, 4) is 0 Å². The molecule has 7 nitrogen and oxygen atoms in total. The number of thiophene rings is 1. The Morgan fingerprint density at radius 1 is 1.03 bits per heavy atom. The lowest BCUT2D eigenvalue weighted by Crippen LogP contribution is -2.22. The minimum absolute atomic E-state index is 0.290. The van der Waals surface area contributed by atoms with Gasteiger partial charge in [-0.25, -0.2) is 9.78 Å². The van der Waals surface area contributed by atoms with Gasteiger partial charge in [0.15, 0.2) is 5.52 Å². The molecule has 0 atom stereocenters. The fourth-order valence-electron chi connectivity index (χ4n) is 3.49. The molecule has 0 bridgehead atoms. The monoisotopic (exact) mass is 409 g/mol. The molecule has 0 saturated carbocycles. The molecule has 29 heavy (non-hydrogen) atoms. The summed E-state index contributed by atoms with van der Waals surface area (Å²) in [5, 5.41) is 2.02. The molecule has 8 heteroatoms. The maximum absolute atomic E-state index is 12.2. The van der Waals surface area contributed by atoms with Gasteiger partial charge in [0.05, 0.1) is 0 Å². The molecule has 3 aromatic heterocycles. The molecule has 4 aromatic rings. The van der Waals surface area contributed by atoms with E-state index < -0.39 is 11.2 Å². The standard InChI is InChI=1S/C21H23N5O2S/c22-15-9-7-14(8-10-15)5-2-1-3-11-26-17(13-16-6-4-12-29-16)23-18-19(26)24-21(28)25-20(18)27/h4,6-10,12H,1-3,5,11,13,22H2,(H2,24,25,27,28). The number of fused-ring (bicyclic) bond motifs is 1. The number of anilines is 1. The number of benzene rings is 1. The third kappa shape index (κ3) is 4.48. The van der Waals surface area contributed by atoms with Gasteiger partial charge in [0.1, 0.15) is 11.5 Å². The Bertz CT molecular complexity index is 1200. The van der Waals surface area contributed by atoms with Crippen molar-refractivity contribution in [3.63, 3.8) is 0 Å². The second-order valence-electron chi connectivity index (χ2n) is 7.09. The van der Waals surface area contributed by atoms with Gasteiger partial charge in [-0.15, -0.1) is 11.3 Å². The van der Waals surface area contributed by atoms with E-state index in [1.165, 1.54) is 10.4 Å². The summed E-state index contributed by atoms with van der Waals surface area (Å²) in [5.74, 6) is 0.799. The average molecular weight is 410 g/mol. The maximum atomic E-state index is 12.2. The van der Waals surface area contributed by atoms with E-state index in [1.54, 1.807) is 11.3 Å². The molecule has 0 spiro atoms. The minimum Gasteiger partial charge on any atom is -0.399 e. The molecular formula is C21H23N5O2S. The molecular weight excluding hydrogens is 386 g/mol. The van der Waals surface area contributed by atoms with Crippen molar-refractivity contribution < 1.29 is 0 Å². The quantitative estimate of drug-likeness (QED) is 0.307. The smallest absolute Gasteiger partial charge is 0.327 e. The van der Waals surface area contributed by atoms with Crippen LogP contribution in [0, 0.1) is 0 Å². The fraction of sp³-hybridized carbons (Fsp3) is 0.286. The van der Waals surface area contributed by atoms with Crippen LogP contribution in [0.15, 0.2) is 51.4 Å². The number of aromatic nitrogens is 4. The lowest BCUT2D eigenvalue weighted by atomic mass is 10.1. The van der Waals surface area contributed by atoms with Gasteiger partial charge in [0.2, 0.25) is 0 Å². The molecule has 0 aliphatic rings. The van der Waals surface area contributed by atoms with E-state index in [-0.39, 0.29) is 5.52 Å². The van der Waals surface area contributed by atoms with Crippen molar-refractivity contribution >= 4 is 28.2 Å². The molecule has 4 rings (SSSR count). The van der Waals surface area contributed by atoms with Crippen LogP contribution in [0.25, 0.3) is 11.2 Å². The first kappa shape index (κ1) is 19.2. The first-order valence-electron chi connectivity index (χ1n) is 9.68. The summed E-state index contributed by atoms with van der Waals surface area (Å²) in [6, 6.07) is 12.0. The molecule has 4 N–H and O–H groups in total. The van der Waals surface area contributed by atoms with Gasteiger partial charge < -0.3 is 10.3 Å². The molecule has 0 fully saturated rings. The number of nitrogen functional groups attached to an aromatic ring is 1. The van der Waals surface area contributed by atoms with E-state index in [2.05, 4.69) is 27.1 Å². The van der Waals surface area contributed by atoms with Crippen LogP contribution in [-0.2, 0) is 19.4 Å². The van der Waals surface area contributed by atoms with Crippen molar-refractivity contribution in [1.29, 1.82) is 0 Å². The van der Waals surface area contributed by atoms with Crippen LogP contribution >= 0.6 is 11.3 Å². The lowest BCUT2D eigenvalue weighted by Gasteiger charge is -2.09. The van der Waals surface area contributed by atoms with E-state index in [1.807, 2.05) is 34.2 Å². The Balaban J connectivity index is 1.48. The summed E-state index contributed by atoms with van der Waals surface area (Å²) in [4.78, 5) is 34.7. The van der Waals surface area contributed by atoms with Crippen molar-refractivity contribution in [1.82, 2.24) is 19.5 Å². The third-order valence-corrected chi connectivity index (χ3v) is 5.84. The molecule has 0 unspecified atom stereocenters. The van der Waals surface area contributed by atoms with Gasteiger partial charge in [-0.1, -0.05) is 24.6 Å². The zero-order chi connectivity index (χ0) is 20.2. The number of nitrogens with zero attached hydrogens (tertiary/aromatic N) is 2. The Morgan fingerprint density at radius 2 is 1.86 bits per heavy atom. The minimum atomic E-state index is -0.505. The normalized spacial score (nSPS) is 11.3. The van der Waals surface area contributed by atoms with Gasteiger partial charge >= 0.3 is 5.69 Å². The summed E-state index contributed by atoms with van der Waals surface area (Å²) in [6.07, 6.45) is 4.68. The first-order valence-corrected chi connectivity index (χ1v) is 10.6. The predicted molar refractivity (Wildman–Crippen MR) is 117 cm³/mol. The number of hydrogen-bond donors (Lipinski definition) is 3. The number of unbranched alkanes of at least 4 members (excludes halogenated alkanes) is 2. The second-order valence-corrected chi connectivity index (χ2v) is 8.13. The number of rotatable bonds is 8. The van der Waals surface area contributed by atoms with Crippen LogP contribution in [-0.4, -0.2) is 19.5 Å². The Kier molecular flexibility index (Phi) is 5.62. The largest absolute Gasteiger partial charge is 0.399 e. The second kappa shape index (κ2) is 8.48. The van der Waals surface area contributed by atoms with Gasteiger partial charge in [0.25, 0.3) is 5.56 Å². The van der Waals surface area contributed by atoms with E-state index in [0.717, 1.165) is 37.2 Å². The van der Waals surface area contributed by atoms with Crippen LogP contribution in [0.2, 0.25) is 0 Å². The number of hydrogen-bond acceptors (Lipinski definition) is 5. The van der Waals surface area contributed by atoms with E-state index >= 15 is 0 Å². The molecule has 0 amide bonds. The summed E-state index contributed by atoms with van der Waals surface area (Å²) in [7, 11) is 0. The highest BCUT2D eigenvalue weighted by atomic mass is 32.1. The summed E-state index contributed by atoms with van der Waals surface area (Å²) >= 11 is 1.65.